The Balaban J connectivity index is 2.20. The Morgan fingerprint density at radius 2 is 2.00 bits per heavy atom. The number of ether oxygens (including phenoxy) is 2. The molecule has 2 aromatic rings. The van der Waals surface area contributed by atoms with Crippen molar-refractivity contribution in [2.75, 3.05) is 18.5 Å². The number of thiophene rings is 1. The van der Waals surface area contributed by atoms with E-state index in [2.05, 4.69) is 5.32 Å². The van der Waals surface area contributed by atoms with E-state index in [0.717, 1.165) is 16.9 Å². The van der Waals surface area contributed by atoms with E-state index in [0.29, 0.717) is 27.8 Å². The summed E-state index contributed by atoms with van der Waals surface area (Å²) in [6, 6.07) is 9.39. The minimum absolute atomic E-state index is 0.238. The van der Waals surface area contributed by atoms with E-state index in [1.165, 1.54) is 6.08 Å². The van der Waals surface area contributed by atoms with Crippen LogP contribution in [0.3, 0.4) is 0 Å². The standard InChI is InChI=1S/C20H20N2O4S/c1-4-25-16-9-7-6-8-14(16)10-11-17(23)22-19-15(12-21)13(3)18(27-19)20(24)26-5-2/h6-11H,4-5H2,1-3H3,(H,22,23). The molecule has 0 saturated carbocycles. The lowest BCUT2D eigenvalue weighted by Gasteiger charge is -2.06. The summed E-state index contributed by atoms with van der Waals surface area (Å²) in [5.74, 6) is -0.231. The molecule has 1 N–H and O–H groups in total. The molecule has 0 unspecified atom stereocenters. The molecule has 0 fully saturated rings. The number of hydrogen-bond acceptors (Lipinski definition) is 6. The van der Waals surface area contributed by atoms with Gasteiger partial charge in [-0.05, 0) is 38.5 Å². The van der Waals surface area contributed by atoms with Crippen molar-refractivity contribution in [3.8, 4) is 11.8 Å². The highest BCUT2D eigenvalue weighted by molar-refractivity contribution is 7.18. The van der Waals surface area contributed by atoms with Crippen molar-refractivity contribution in [3.05, 3.63) is 51.9 Å². The summed E-state index contributed by atoms with van der Waals surface area (Å²) in [5, 5.41) is 12.3. The van der Waals surface area contributed by atoms with Gasteiger partial charge in [0.2, 0.25) is 5.91 Å². The number of amides is 1. The molecule has 0 bridgehead atoms. The van der Waals surface area contributed by atoms with Crippen molar-refractivity contribution in [3.63, 3.8) is 0 Å². The Hall–Kier alpha value is -3.11. The molecule has 0 aliphatic rings. The van der Waals surface area contributed by atoms with Gasteiger partial charge in [-0.15, -0.1) is 11.3 Å². The molecule has 2 rings (SSSR count). The van der Waals surface area contributed by atoms with Crippen LogP contribution in [0.25, 0.3) is 6.08 Å². The summed E-state index contributed by atoms with van der Waals surface area (Å²) in [6.07, 6.45) is 3.00. The predicted molar refractivity (Wildman–Crippen MR) is 105 cm³/mol. The number of nitrogens with zero attached hydrogens (tertiary/aromatic N) is 1. The maximum Gasteiger partial charge on any atom is 0.348 e. The van der Waals surface area contributed by atoms with Crippen LogP contribution in [0.1, 0.15) is 40.2 Å². The molecule has 0 spiro atoms. The molecule has 0 aliphatic heterocycles. The highest BCUT2D eigenvalue weighted by Gasteiger charge is 2.21. The summed E-state index contributed by atoms with van der Waals surface area (Å²) >= 11 is 1.03. The van der Waals surface area contributed by atoms with E-state index in [-0.39, 0.29) is 12.2 Å². The number of hydrogen-bond donors (Lipinski definition) is 1. The van der Waals surface area contributed by atoms with Crippen LogP contribution in [0.4, 0.5) is 5.00 Å². The molecule has 0 aliphatic carbocycles. The first kappa shape index (κ1) is 20.2. The average Bonchev–Trinajstić information content (AvgIpc) is 2.96. The summed E-state index contributed by atoms with van der Waals surface area (Å²) in [6.45, 7) is 6.01. The zero-order valence-electron chi connectivity index (χ0n) is 15.4. The summed E-state index contributed by atoms with van der Waals surface area (Å²) in [7, 11) is 0. The van der Waals surface area contributed by atoms with Gasteiger partial charge in [0.05, 0.1) is 18.8 Å². The SMILES string of the molecule is CCOC(=O)c1sc(NC(=O)C=Cc2ccccc2OCC)c(C#N)c1C. The van der Waals surface area contributed by atoms with Gasteiger partial charge in [0.15, 0.2) is 0 Å². The normalized spacial score (nSPS) is 10.4. The molecular weight excluding hydrogens is 364 g/mol. The summed E-state index contributed by atoms with van der Waals surface area (Å²) in [5.41, 5.74) is 1.53. The van der Waals surface area contributed by atoms with Crippen LogP contribution >= 0.6 is 11.3 Å². The predicted octanol–water partition coefficient (Wildman–Crippen LogP) is 4.16. The van der Waals surface area contributed by atoms with Crippen LogP contribution in [0, 0.1) is 18.3 Å². The van der Waals surface area contributed by atoms with Crippen molar-refractivity contribution >= 4 is 34.3 Å². The third-order valence-corrected chi connectivity index (χ3v) is 4.78. The van der Waals surface area contributed by atoms with E-state index in [4.69, 9.17) is 9.47 Å². The second kappa shape index (κ2) is 9.55. The summed E-state index contributed by atoms with van der Waals surface area (Å²) in [4.78, 5) is 24.6. The van der Waals surface area contributed by atoms with Crippen molar-refractivity contribution in [1.82, 2.24) is 0 Å². The van der Waals surface area contributed by atoms with E-state index in [1.807, 2.05) is 37.3 Å². The number of para-hydroxylation sites is 1. The van der Waals surface area contributed by atoms with Crippen LogP contribution in [-0.2, 0) is 9.53 Å². The average molecular weight is 384 g/mol. The van der Waals surface area contributed by atoms with Crippen molar-refractivity contribution in [2.24, 2.45) is 0 Å². The largest absolute Gasteiger partial charge is 0.493 e. The number of anilines is 1. The van der Waals surface area contributed by atoms with Crippen LogP contribution < -0.4 is 10.1 Å². The lowest BCUT2D eigenvalue weighted by molar-refractivity contribution is -0.111. The lowest BCUT2D eigenvalue weighted by atomic mass is 10.1. The minimum Gasteiger partial charge on any atom is -0.493 e. The molecule has 1 amide bonds. The van der Waals surface area contributed by atoms with Crippen molar-refractivity contribution < 1.29 is 19.1 Å². The molecule has 27 heavy (non-hydrogen) atoms. The van der Waals surface area contributed by atoms with Gasteiger partial charge >= 0.3 is 5.97 Å². The maximum absolute atomic E-state index is 12.3. The fourth-order valence-corrected chi connectivity index (χ4v) is 3.41. The Labute approximate surface area is 162 Å². The Kier molecular flexibility index (Phi) is 7.15. The van der Waals surface area contributed by atoms with Crippen LogP contribution in [0.15, 0.2) is 30.3 Å². The van der Waals surface area contributed by atoms with Gasteiger partial charge in [0.1, 0.15) is 21.7 Å². The van der Waals surface area contributed by atoms with E-state index in [1.54, 1.807) is 19.9 Å². The lowest BCUT2D eigenvalue weighted by Crippen LogP contribution is -2.07. The molecule has 1 heterocycles. The van der Waals surface area contributed by atoms with Crippen LogP contribution in [-0.4, -0.2) is 25.1 Å². The summed E-state index contributed by atoms with van der Waals surface area (Å²) < 4.78 is 10.5. The number of carbonyl (C=O) groups is 2. The van der Waals surface area contributed by atoms with Gasteiger partial charge in [-0.1, -0.05) is 18.2 Å². The van der Waals surface area contributed by atoms with Gasteiger partial charge in [0, 0.05) is 11.6 Å². The number of nitrogens with one attached hydrogen (secondary N) is 1. The molecule has 1 aromatic heterocycles. The zero-order valence-corrected chi connectivity index (χ0v) is 16.2. The molecule has 0 radical (unpaired) electrons. The first-order valence-corrected chi connectivity index (χ1v) is 9.24. The topological polar surface area (TPSA) is 88.4 Å². The number of benzene rings is 1. The van der Waals surface area contributed by atoms with Crippen molar-refractivity contribution in [2.45, 2.75) is 20.8 Å². The highest BCUT2D eigenvalue weighted by Crippen LogP contribution is 2.33. The number of nitriles is 1. The monoisotopic (exact) mass is 384 g/mol. The van der Waals surface area contributed by atoms with Gasteiger partial charge in [-0.25, -0.2) is 4.79 Å². The first-order valence-electron chi connectivity index (χ1n) is 8.43. The van der Waals surface area contributed by atoms with E-state index < -0.39 is 11.9 Å². The van der Waals surface area contributed by atoms with E-state index in [9.17, 15) is 14.9 Å². The first-order chi connectivity index (χ1) is 13.0. The molecule has 140 valence electrons. The zero-order chi connectivity index (χ0) is 19.8. The Morgan fingerprint density at radius 3 is 2.67 bits per heavy atom. The van der Waals surface area contributed by atoms with Crippen molar-refractivity contribution in [1.29, 1.82) is 5.26 Å². The maximum atomic E-state index is 12.3. The fourth-order valence-electron chi connectivity index (χ4n) is 2.35. The second-order valence-electron chi connectivity index (χ2n) is 5.39. The second-order valence-corrected chi connectivity index (χ2v) is 6.41. The smallest absolute Gasteiger partial charge is 0.348 e. The van der Waals surface area contributed by atoms with Crippen LogP contribution in [0.5, 0.6) is 5.75 Å². The minimum atomic E-state index is -0.502. The molecule has 0 saturated heterocycles. The quantitative estimate of drug-likeness (QED) is 0.572. The number of esters is 1. The fraction of sp³-hybridized carbons (Fsp3) is 0.250. The van der Waals surface area contributed by atoms with Gasteiger partial charge < -0.3 is 14.8 Å². The third-order valence-electron chi connectivity index (χ3n) is 3.59. The third kappa shape index (κ3) is 4.96. The Morgan fingerprint density at radius 1 is 1.26 bits per heavy atom. The van der Waals surface area contributed by atoms with Gasteiger partial charge in [0.25, 0.3) is 0 Å². The molecule has 1 aromatic carbocycles. The highest BCUT2D eigenvalue weighted by atomic mass is 32.1. The van der Waals surface area contributed by atoms with Gasteiger partial charge in [-0.3, -0.25) is 4.79 Å². The molecular formula is C20H20N2O4S. The molecule has 0 atom stereocenters. The number of carbonyl (C=O) groups excluding carboxylic acids is 2. The van der Waals surface area contributed by atoms with Gasteiger partial charge in [-0.2, -0.15) is 5.26 Å². The number of rotatable bonds is 7. The Bertz CT molecular complexity index is 909. The molecule has 7 heteroatoms. The van der Waals surface area contributed by atoms with Crippen LogP contribution in [0.2, 0.25) is 0 Å². The molecule has 6 nitrogen and oxygen atoms in total. The van der Waals surface area contributed by atoms with E-state index >= 15 is 0 Å².